The minimum absolute atomic E-state index is 0.0220. The second kappa shape index (κ2) is 10.6. The van der Waals surface area contributed by atoms with E-state index < -0.39 is 34.9 Å². The summed E-state index contributed by atoms with van der Waals surface area (Å²) in [7, 11) is 2.43. The largest absolute Gasteiger partial charge is 0.507 e. The first-order valence-corrected chi connectivity index (χ1v) is 12.4. The molecular formula is C30H24N2O10. The molecule has 1 aliphatic rings. The number of nitrogens with zero attached hydrogens (tertiary/aromatic N) is 1. The molecule has 0 spiro atoms. The van der Waals surface area contributed by atoms with Crippen molar-refractivity contribution in [3.63, 3.8) is 0 Å². The molecule has 4 aromatic rings. The number of amides is 1. The number of methoxy groups -OCH3 is 2. The van der Waals surface area contributed by atoms with Gasteiger partial charge in [0, 0.05) is 30.0 Å². The van der Waals surface area contributed by atoms with E-state index in [2.05, 4.69) is 10.1 Å². The molecule has 1 heterocycles. The van der Waals surface area contributed by atoms with Crippen LogP contribution in [0.1, 0.15) is 26.3 Å². The third-order valence-electron chi connectivity index (χ3n) is 6.72. The van der Waals surface area contributed by atoms with Gasteiger partial charge in [-0.25, -0.2) is 9.59 Å². The molecule has 1 amide bonds. The molecule has 12 heteroatoms. The number of hydrogen-bond donors (Lipinski definition) is 6. The second-order valence-electron chi connectivity index (χ2n) is 9.34. The van der Waals surface area contributed by atoms with Crippen LogP contribution in [0.2, 0.25) is 0 Å². The maximum absolute atomic E-state index is 12.9. The molecule has 0 aromatic heterocycles. The van der Waals surface area contributed by atoms with Crippen molar-refractivity contribution in [2.75, 3.05) is 24.4 Å². The number of fused-ring (bicyclic) bond motifs is 1. The predicted molar refractivity (Wildman–Crippen MR) is 150 cm³/mol. The van der Waals surface area contributed by atoms with E-state index in [1.165, 1.54) is 73.7 Å². The van der Waals surface area contributed by atoms with Crippen LogP contribution in [0, 0.1) is 0 Å². The van der Waals surface area contributed by atoms with E-state index in [1.807, 2.05) is 0 Å². The van der Waals surface area contributed by atoms with Crippen molar-refractivity contribution in [3.8, 4) is 39.9 Å². The third kappa shape index (κ3) is 4.81. The first-order valence-electron chi connectivity index (χ1n) is 12.4. The second-order valence-corrected chi connectivity index (χ2v) is 9.34. The van der Waals surface area contributed by atoms with Gasteiger partial charge in [0.15, 0.2) is 0 Å². The molecule has 0 saturated carbocycles. The molecular weight excluding hydrogens is 548 g/mol. The van der Waals surface area contributed by atoms with E-state index in [1.54, 1.807) is 6.07 Å². The van der Waals surface area contributed by atoms with E-state index in [-0.39, 0.29) is 57.4 Å². The molecule has 0 radical (unpaired) electrons. The van der Waals surface area contributed by atoms with Gasteiger partial charge in [0.2, 0.25) is 5.91 Å². The van der Waals surface area contributed by atoms with Crippen LogP contribution < -0.4 is 10.2 Å². The van der Waals surface area contributed by atoms with Gasteiger partial charge in [0.25, 0.3) is 0 Å². The molecule has 0 bridgehead atoms. The van der Waals surface area contributed by atoms with Crippen LogP contribution in [0.5, 0.6) is 28.7 Å². The molecule has 0 atom stereocenters. The fourth-order valence-corrected chi connectivity index (χ4v) is 4.78. The summed E-state index contributed by atoms with van der Waals surface area (Å²) in [6.45, 7) is 0. The van der Waals surface area contributed by atoms with E-state index in [4.69, 9.17) is 4.74 Å². The lowest BCUT2D eigenvalue weighted by molar-refractivity contribution is -0.116. The maximum atomic E-state index is 12.9. The van der Waals surface area contributed by atoms with Gasteiger partial charge in [-0.15, -0.1) is 0 Å². The standard InChI is InChI=1S/C30H24N2O10/c1-41-29(39)15-5-6-21(33)19(7-15)31-17-10-22(34)27(23(35)11-17)28-24(36)12-18(13-25(28)37)32-20-8-16(30(40)42-2)4-3-14(20)9-26(32)38/h3-8,10-13,31,33-37H,9H2,1-2H3. The Bertz CT molecular complexity index is 1740. The van der Waals surface area contributed by atoms with Gasteiger partial charge in [0.1, 0.15) is 28.7 Å². The molecule has 0 fully saturated rings. The maximum Gasteiger partial charge on any atom is 0.337 e. The van der Waals surface area contributed by atoms with Crippen molar-refractivity contribution in [1.29, 1.82) is 0 Å². The summed E-state index contributed by atoms with van der Waals surface area (Å²) >= 11 is 0. The first kappa shape index (κ1) is 27.6. The van der Waals surface area contributed by atoms with E-state index in [0.717, 1.165) is 0 Å². The summed E-state index contributed by atoms with van der Waals surface area (Å²) in [5.41, 5.74) is 0.966. The van der Waals surface area contributed by atoms with Gasteiger partial charge >= 0.3 is 11.9 Å². The van der Waals surface area contributed by atoms with Gasteiger partial charge in [-0.2, -0.15) is 0 Å². The van der Waals surface area contributed by atoms with Crippen LogP contribution >= 0.6 is 0 Å². The van der Waals surface area contributed by atoms with Crippen LogP contribution in [-0.2, 0) is 20.7 Å². The lowest BCUT2D eigenvalue weighted by atomic mass is 9.99. The average molecular weight is 573 g/mol. The van der Waals surface area contributed by atoms with Gasteiger partial charge < -0.3 is 40.3 Å². The highest BCUT2D eigenvalue weighted by atomic mass is 16.5. The number of benzene rings is 4. The normalized spacial score (nSPS) is 12.1. The zero-order chi connectivity index (χ0) is 30.3. The van der Waals surface area contributed by atoms with Gasteiger partial charge in [-0.1, -0.05) is 6.07 Å². The number of esters is 2. The number of carbonyl (C=O) groups is 3. The molecule has 5 rings (SSSR count). The zero-order valence-corrected chi connectivity index (χ0v) is 22.2. The first-order chi connectivity index (χ1) is 20.0. The lowest BCUT2D eigenvalue weighted by Gasteiger charge is -2.21. The van der Waals surface area contributed by atoms with Crippen molar-refractivity contribution in [1.82, 2.24) is 0 Å². The fourth-order valence-electron chi connectivity index (χ4n) is 4.78. The fraction of sp³-hybridized carbons (Fsp3) is 0.100. The number of ether oxygens (including phenoxy) is 2. The highest BCUT2D eigenvalue weighted by molar-refractivity contribution is 6.09. The molecule has 0 saturated heterocycles. The highest BCUT2D eigenvalue weighted by Crippen LogP contribution is 2.50. The summed E-state index contributed by atoms with van der Waals surface area (Å²) in [5, 5.41) is 56.4. The van der Waals surface area contributed by atoms with Crippen molar-refractivity contribution < 1.29 is 49.4 Å². The Morgan fingerprint density at radius 1 is 0.714 bits per heavy atom. The summed E-state index contributed by atoms with van der Waals surface area (Å²) in [4.78, 5) is 38.0. The average Bonchev–Trinajstić information content (AvgIpc) is 3.29. The molecule has 1 aliphatic heterocycles. The summed E-state index contributed by atoms with van der Waals surface area (Å²) < 4.78 is 9.42. The minimum atomic E-state index is -0.642. The number of anilines is 4. The molecule has 0 unspecified atom stereocenters. The Labute approximate surface area is 238 Å². The molecule has 6 N–H and O–H groups in total. The van der Waals surface area contributed by atoms with Crippen LogP contribution in [0.25, 0.3) is 11.1 Å². The van der Waals surface area contributed by atoms with Gasteiger partial charge in [-0.05, 0) is 35.9 Å². The third-order valence-corrected chi connectivity index (χ3v) is 6.72. The Morgan fingerprint density at radius 3 is 1.81 bits per heavy atom. The van der Waals surface area contributed by atoms with Crippen LogP contribution in [0.3, 0.4) is 0 Å². The minimum Gasteiger partial charge on any atom is -0.507 e. The molecule has 4 aromatic carbocycles. The number of phenolic OH excluding ortho intramolecular Hbond substituents is 5. The van der Waals surface area contributed by atoms with E-state index in [0.29, 0.717) is 11.3 Å². The van der Waals surface area contributed by atoms with Crippen LogP contribution in [0.15, 0.2) is 60.7 Å². The summed E-state index contributed by atoms with van der Waals surface area (Å²) in [6, 6.07) is 13.2. The number of hydrogen-bond acceptors (Lipinski definition) is 11. The van der Waals surface area contributed by atoms with Crippen molar-refractivity contribution in [2.24, 2.45) is 0 Å². The monoisotopic (exact) mass is 572 g/mol. The number of phenols is 5. The summed E-state index contributed by atoms with van der Waals surface area (Å²) in [5.74, 6) is -4.08. The predicted octanol–water partition coefficient (Wildman–Crippen LogP) is 4.42. The number of aromatic hydroxyl groups is 5. The van der Waals surface area contributed by atoms with Gasteiger partial charge in [-0.3, -0.25) is 9.69 Å². The van der Waals surface area contributed by atoms with Crippen molar-refractivity contribution >= 4 is 40.6 Å². The quantitative estimate of drug-likeness (QED) is 0.142. The van der Waals surface area contributed by atoms with E-state index >= 15 is 0 Å². The van der Waals surface area contributed by atoms with Crippen molar-refractivity contribution in [3.05, 3.63) is 77.4 Å². The zero-order valence-electron chi connectivity index (χ0n) is 22.2. The Hall–Kier alpha value is -5.91. The Balaban J connectivity index is 1.50. The SMILES string of the molecule is COC(=O)c1ccc(O)c(Nc2cc(O)c(-c3c(O)cc(N4C(=O)Cc5ccc(C(=O)OC)cc54)cc3O)c(O)c2)c1. The highest BCUT2D eigenvalue weighted by Gasteiger charge is 2.31. The number of rotatable bonds is 6. The van der Waals surface area contributed by atoms with Crippen LogP contribution in [0.4, 0.5) is 22.7 Å². The van der Waals surface area contributed by atoms with Crippen molar-refractivity contribution in [2.45, 2.75) is 6.42 Å². The molecule has 0 aliphatic carbocycles. The van der Waals surface area contributed by atoms with E-state index in [9.17, 15) is 39.9 Å². The summed E-state index contributed by atoms with van der Waals surface area (Å²) in [6.07, 6.45) is 0.0220. The molecule has 12 nitrogen and oxygen atoms in total. The topological polar surface area (TPSA) is 186 Å². The molecule has 214 valence electrons. The Morgan fingerprint density at radius 2 is 1.24 bits per heavy atom. The van der Waals surface area contributed by atoms with Gasteiger partial charge in [0.05, 0.1) is 60.0 Å². The number of nitrogens with one attached hydrogen (secondary N) is 1. The van der Waals surface area contributed by atoms with Crippen LogP contribution in [-0.4, -0.2) is 57.6 Å². The number of carbonyl (C=O) groups excluding carboxylic acids is 3. The lowest BCUT2D eigenvalue weighted by Crippen LogP contribution is -2.21. The Kier molecular flexibility index (Phi) is 6.96. The molecule has 42 heavy (non-hydrogen) atoms. The smallest absolute Gasteiger partial charge is 0.337 e.